The number of nitrogens with zero attached hydrogens (tertiary/aromatic N) is 1. The molecular formula is C16H16ClFN2O. The number of amides is 1. The summed E-state index contributed by atoms with van der Waals surface area (Å²) in [5.74, 6) is -0.234. The highest BCUT2D eigenvalue weighted by atomic mass is 35.5. The number of fused-ring (bicyclic) bond motifs is 1. The molecule has 1 amide bonds. The van der Waals surface area contributed by atoms with Gasteiger partial charge >= 0.3 is 0 Å². The molecule has 1 aliphatic heterocycles. The van der Waals surface area contributed by atoms with E-state index in [0.717, 1.165) is 11.1 Å². The van der Waals surface area contributed by atoms with Crippen LogP contribution in [0.2, 0.25) is 0 Å². The third kappa shape index (κ3) is 3.16. The Labute approximate surface area is 129 Å². The van der Waals surface area contributed by atoms with E-state index < -0.39 is 0 Å². The number of nitrogen functional groups attached to an aromatic ring is 1. The molecule has 2 N–H and O–H groups in total. The molecule has 0 saturated carbocycles. The molecule has 0 atom stereocenters. The van der Waals surface area contributed by atoms with E-state index in [1.54, 1.807) is 41.3 Å². The van der Waals surface area contributed by atoms with Crippen LogP contribution in [0.5, 0.6) is 0 Å². The maximum atomic E-state index is 13.2. The number of carbonyl (C=O) groups excluding carboxylic acids is 1. The van der Waals surface area contributed by atoms with Crippen LogP contribution in [0.4, 0.5) is 10.1 Å². The minimum atomic E-state index is -0.220. The Hall–Kier alpha value is -2.07. The normalized spacial score (nSPS) is 13.3. The molecule has 0 bridgehead atoms. The summed E-state index contributed by atoms with van der Waals surface area (Å²) in [6.07, 6.45) is 0.688. The second-order valence-corrected chi connectivity index (χ2v) is 5.01. The number of hydrogen-bond donors (Lipinski definition) is 1. The summed E-state index contributed by atoms with van der Waals surface area (Å²) in [6, 6.07) is 11.7. The van der Waals surface area contributed by atoms with Crippen LogP contribution in [0.25, 0.3) is 0 Å². The van der Waals surface area contributed by atoms with Gasteiger partial charge in [-0.3, -0.25) is 4.79 Å². The van der Waals surface area contributed by atoms with E-state index in [4.69, 9.17) is 5.73 Å². The van der Waals surface area contributed by atoms with Gasteiger partial charge in [0, 0.05) is 24.3 Å². The first-order valence-electron chi connectivity index (χ1n) is 6.55. The predicted octanol–water partition coefficient (Wildman–Crippen LogP) is 3.03. The number of benzene rings is 2. The summed E-state index contributed by atoms with van der Waals surface area (Å²) < 4.78 is 13.2. The molecule has 110 valence electrons. The van der Waals surface area contributed by atoms with Gasteiger partial charge in [-0.2, -0.15) is 0 Å². The number of hydrogen-bond acceptors (Lipinski definition) is 2. The Morgan fingerprint density at radius 2 is 1.81 bits per heavy atom. The van der Waals surface area contributed by atoms with Crippen molar-refractivity contribution < 1.29 is 9.18 Å². The van der Waals surface area contributed by atoms with Crippen molar-refractivity contribution in [1.82, 2.24) is 4.90 Å². The van der Waals surface area contributed by atoms with Crippen molar-refractivity contribution >= 4 is 24.0 Å². The minimum absolute atomic E-state index is 0. The Morgan fingerprint density at radius 3 is 2.52 bits per heavy atom. The third-order valence-electron chi connectivity index (χ3n) is 3.63. The van der Waals surface area contributed by atoms with E-state index in [0.29, 0.717) is 30.8 Å². The molecule has 5 heteroatoms. The zero-order valence-electron chi connectivity index (χ0n) is 11.4. The first kappa shape index (κ1) is 15.3. The fourth-order valence-corrected chi connectivity index (χ4v) is 2.50. The van der Waals surface area contributed by atoms with Crippen LogP contribution < -0.4 is 5.73 Å². The number of rotatable bonds is 1. The average Bonchev–Trinajstić information content (AvgIpc) is 2.47. The molecule has 0 spiro atoms. The number of halogens is 2. The van der Waals surface area contributed by atoms with Crippen molar-refractivity contribution in [3.8, 4) is 0 Å². The molecule has 1 aliphatic rings. The zero-order valence-corrected chi connectivity index (χ0v) is 12.2. The summed E-state index contributed by atoms with van der Waals surface area (Å²) in [7, 11) is 0. The molecule has 2 aromatic carbocycles. The van der Waals surface area contributed by atoms with Crippen molar-refractivity contribution in [2.75, 3.05) is 12.3 Å². The molecule has 0 radical (unpaired) electrons. The summed E-state index contributed by atoms with van der Waals surface area (Å²) in [5.41, 5.74) is 8.90. The fraction of sp³-hybridized carbons (Fsp3) is 0.188. The molecule has 2 aromatic rings. The molecule has 0 aromatic heterocycles. The average molecular weight is 307 g/mol. The first-order valence-corrected chi connectivity index (χ1v) is 6.55. The van der Waals surface area contributed by atoms with Crippen molar-refractivity contribution in [2.45, 2.75) is 13.0 Å². The van der Waals surface area contributed by atoms with E-state index in [-0.39, 0.29) is 24.1 Å². The molecule has 3 rings (SSSR count). The van der Waals surface area contributed by atoms with E-state index in [9.17, 15) is 9.18 Å². The van der Waals surface area contributed by atoms with Crippen LogP contribution in [-0.4, -0.2) is 17.4 Å². The van der Waals surface area contributed by atoms with Crippen LogP contribution in [0, 0.1) is 5.82 Å². The van der Waals surface area contributed by atoms with E-state index in [1.165, 1.54) is 6.07 Å². The highest BCUT2D eigenvalue weighted by molar-refractivity contribution is 5.94. The predicted molar refractivity (Wildman–Crippen MR) is 82.9 cm³/mol. The fourth-order valence-electron chi connectivity index (χ4n) is 2.50. The van der Waals surface area contributed by atoms with E-state index in [2.05, 4.69) is 0 Å². The number of nitrogens with two attached hydrogens (primary N) is 1. The van der Waals surface area contributed by atoms with Crippen molar-refractivity contribution in [1.29, 1.82) is 0 Å². The van der Waals surface area contributed by atoms with Gasteiger partial charge in [-0.15, -0.1) is 12.4 Å². The molecule has 0 saturated heterocycles. The van der Waals surface area contributed by atoms with Gasteiger partial charge in [0.1, 0.15) is 5.82 Å². The van der Waals surface area contributed by atoms with Gasteiger partial charge in [0.2, 0.25) is 0 Å². The molecule has 21 heavy (non-hydrogen) atoms. The van der Waals surface area contributed by atoms with Crippen LogP contribution in [0.1, 0.15) is 21.5 Å². The van der Waals surface area contributed by atoms with Crippen LogP contribution in [0.15, 0.2) is 42.5 Å². The Kier molecular flexibility index (Phi) is 4.48. The van der Waals surface area contributed by atoms with Gasteiger partial charge in [-0.05, 0) is 53.9 Å². The lowest BCUT2D eigenvalue weighted by molar-refractivity contribution is 0.0734. The molecule has 3 nitrogen and oxygen atoms in total. The second-order valence-electron chi connectivity index (χ2n) is 5.01. The van der Waals surface area contributed by atoms with Crippen LogP contribution in [0.3, 0.4) is 0 Å². The summed E-state index contributed by atoms with van der Waals surface area (Å²) in [5, 5.41) is 0. The summed E-state index contributed by atoms with van der Waals surface area (Å²) in [4.78, 5) is 14.2. The molecule has 0 fully saturated rings. The lowest BCUT2D eigenvalue weighted by atomic mass is 9.99. The Balaban J connectivity index is 0.00000161. The van der Waals surface area contributed by atoms with Crippen molar-refractivity contribution in [3.63, 3.8) is 0 Å². The number of anilines is 1. The number of carbonyl (C=O) groups is 1. The standard InChI is InChI=1S/C16H15FN2O.ClH/c17-14-4-1-13-10-19(8-7-12(13)9-14)16(20)11-2-5-15(18)6-3-11;/h1-6,9H,7-8,10,18H2;1H. The summed E-state index contributed by atoms with van der Waals surface area (Å²) >= 11 is 0. The maximum Gasteiger partial charge on any atom is 0.254 e. The van der Waals surface area contributed by atoms with Gasteiger partial charge in [0.05, 0.1) is 0 Å². The quantitative estimate of drug-likeness (QED) is 0.823. The van der Waals surface area contributed by atoms with E-state index in [1.807, 2.05) is 0 Å². The lowest BCUT2D eigenvalue weighted by Gasteiger charge is -2.29. The molecule has 0 aliphatic carbocycles. The van der Waals surface area contributed by atoms with Gasteiger partial charge in [0.25, 0.3) is 5.91 Å². The third-order valence-corrected chi connectivity index (χ3v) is 3.63. The first-order chi connectivity index (χ1) is 9.63. The van der Waals surface area contributed by atoms with Crippen molar-refractivity contribution in [3.05, 3.63) is 65.0 Å². The monoisotopic (exact) mass is 306 g/mol. The SMILES string of the molecule is Cl.Nc1ccc(C(=O)N2CCc3cc(F)ccc3C2)cc1. The van der Waals surface area contributed by atoms with Gasteiger partial charge in [-0.1, -0.05) is 6.07 Å². The molecule has 0 unspecified atom stereocenters. The largest absolute Gasteiger partial charge is 0.399 e. The molecule has 1 heterocycles. The minimum Gasteiger partial charge on any atom is -0.399 e. The zero-order chi connectivity index (χ0) is 14.1. The van der Waals surface area contributed by atoms with Crippen LogP contribution in [-0.2, 0) is 13.0 Å². The van der Waals surface area contributed by atoms with Gasteiger partial charge in [0.15, 0.2) is 0 Å². The maximum absolute atomic E-state index is 13.2. The topological polar surface area (TPSA) is 46.3 Å². The van der Waals surface area contributed by atoms with Gasteiger partial charge < -0.3 is 10.6 Å². The van der Waals surface area contributed by atoms with Gasteiger partial charge in [-0.25, -0.2) is 4.39 Å². The van der Waals surface area contributed by atoms with Crippen LogP contribution >= 0.6 is 12.4 Å². The van der Waals surface area contributed by atoms with Crippen molar-refractivity contribution in [2.24, 2.45) is 0 Å². The molecular weight excluding hydrogens is 291 g/mol. The Morgan fingerprint density at radius 1 is 1.10 bits per heavy atom. The highest BCUT2D eigenvalue weighted by Crippen LogP contribution is 2.21. The van der Waals surface area contributed by atoms with E-state index >= 15 is 0 Å². The lowest BCUT2D eigenvalue weighted by Crippen LogP contribution is -2.36. The Bertz CT molecular complexity index is 658. The highest BCUT2D eigenvalue weighted by Gasteiger charge is 2.21. The second kappa shape index (κ2) is 6.14. The smallest absolute Gasteiger partial charge is 0.254 e. The summed E-state index contributed by atoms with van der Waals surface area (Å²) in [6.45, 7) is 1.14.